The predicted molar refractivity (Wildman–Crippen MR) is 133 cm³/mol. The fraction of sp³-hybridized carbons (Fsp3) is 0.667. The Morgan fingerprint density at radius 1 is 1.03 bits per heavy atom. The molecule has 0 spiro atoms. The zero-order chi connectivity index (χ0) is 24.6. The van der Waals surface area contributed by atoms with Gasteiger partial charge in [0.2, 0.25) is 17.7 Å². The minimum absolute atomic E-state index is 0.0134. The number of hydrogen-bond acceptors (Lipinski definition) is 5. The summed E-state index contributed by atoms with van der Waals surface area (Å²) in [4.78, 5) is 44.4. The number of benzene rings is 1. The third-order valence-corrected chi connectivity index (χ3v) is 8.67. The van der Waals surface area contributed by atoms with E-state index in [2.05, 4.69) is 15.1 Å². The number of carbonyl (C=O) groups is 3. The monoisotopic (exact) mass is 482 g/mol. The van der Waals surface area contributed by atoms with Gasteiger partial charge in [-0.2, -0.15) is 0 Å². The van der Waals surface area contributed by atoms with E-state index in [1.54, 1.807) is 32.4 Å². The minimum Gasteiger partial charge on any atom is -0.497 e. The second-order valence-electron chi connectivity index (χ2n) is 11.3. The van der Waals surface area contributed by atoms with Gasteiger partial charge in [-0.3, -0.25) is 19.3 Å². The lowest BCUT2D eigenvalue weighted by Gasteiger charge is -2.57. The highest BCUT2D eigenvalue weighted by Gasteiger charge is 2.55. The maximum atomic E-state index is 13.6. The molecule has 0 radical (unpaired) electrons. The fourth-order valence-electron chi connectivity index (χ4n) is 7.33. The Morgan fingerprint density at radius 2 is 1.66 bits per heavy atom. The molecule has 6 rings (SSSR count). The van der Waals surface area contributed by atoms with Gasteiger partial charge in [0.25, 0.3) is 0 Å². The van der Waals surface area contributed by atoms with Crippen molar-refractivity contribution in [3.63, 3.8) is 0 Å². The molecule has 0 unspecified atom stereocenters. The number of nitrogens with zero attached hydrogens (tertiary/aromatic N) is 3. The first-order valence-corrected chi connectivity index (χ1v) is 13.0. The van der Waals surface area contributed by atoms with Gasteiger partial charge in [-0.25, -0.2) is 0 Å². The molecule has 8 heteroatoms. The van der Waals surface area contributed by atoms with E-state index in [0.717, 1.165) is 37.0 Å². The summed E-state index contributed by atoms with van der Waals surface area (Å²) in [5.74, 6) is 3.00. The number of carbonyl (C=O) groups excluding carboxylic acids is 3. The number of methoxy groups -OCH3 is 1. The van der Waals surface area contributed by atoms with E-state index in [4.69, 9.17) is 4.74 Å². The van der Waals surface area contributed by atoms with Gasteiger partial charge in [0.1, 0.15) is 5.75 Å². The minimum atomic E-state index is -0.250. The number of piperazine rings is 1. The number of hydrogen-bond donors (Lipinski definition) is 1. The molecule has 4 saturated carbocycles. The van der Waals surface area contributed by atoms with E-state index in [1.807, 2.05) is 6.07 Å². The molecule has 5 fully saturated rings. The highest BCUT2D eigenvalue weighted by atomic mass is 16.5. The number of likely N-dealkylation sites (N-methyl/N-ethyl adjacent to an activating group) is 1. The van der Waals surface area contributed by atoms with Crippen LogP contribution in [0.4, 0.5) is 5.69 Å². The predicted octanol–water partition coefficient (Wildman–Crippen LogP) is 2.45. The van der Waals surface area contributed by atoms with E-state index in [0.29, 0.717) is 43.5 Å². The van der Waals surface area contributed by atoms with Crippen molar-refractivity contribution in [3.05, 3.63) is 24.3 Å². The van der Waals surface area contributed by atoms with Crippen LogP contribution in [0.1, 0.15) is 38.5 Å². The first kappa shape index (κ1) is 24.1. The molecular weight excluding hydrogens is 444 g/mol. The summed E-state index contributed by atoms with van der Waals surface area (Å²) < 4.78 is 5.18. The molecule has 5 aliphatic rings. The summed E-state index contributed by atoms with van der Waals surface area (Å²) in [6, 6.07) is 7.13. The van der Waals surface area contributed by atoms with Gasteiger partial charge in [0, 0.05) is 45.0 Å². The molecule has 1 saturated heterocycles. The van der Waals surface area contributed by atoms with Crippen LogP contribution in [0.15, 0.2) is 24.3 Å². The normalized spacial score (nSPS) is 29.7. The molecule has 1 heterocycles. The zero-order valence-corrected chi connectivity index (χ0v) is 21.0. The zero-order valence-electron chi connectivity index (χ0n) is 21.0. The van der Waals surface area contributed by atoms with Crippen LogP contribution in [0, 0.1) is 23.2 Å². The van der Waals surface area contributed by atoms with Gasteiger partial charge in [-0.15, -0.1) is 0 Å². The summed E-state index contributed by atoms with van der Waals surface area (Å²) in [6.45, 7) is 3.03. The molecule has 8 nitrogen and oxygen atoms in total. The smallest absolute Gasteiger partial charge is 0.243 e. The fourth-order valence-corrected chi connectivity index (χ4v) is 7.33. The summed E-state index contributed by atoms with van der Waals surface area (Å²) in [5, 5.41) is 2.81. The van der Waals surface area contributed by atoms with Gasteiger partial charge < -0.3 is 19.9 Å². The molecule has 1 aromatic carbocycles. The number of rotatable bonds is 7. The standard InChI is InChI=1S/C27H38N4O4/c1-29(17-24(32)28-22-4-3-5-23(13-22)35-2)25(33)18-30-6-8-31(9-7-30)26(34)27-14-19-10-20(15-27)12-21(11-19)16-27/h3-5,13,19-21H,6-12,14-18H2,1-2H3,(H,28,32). The third-order valence-electron chi connectivity index (χ3n) is 8.67. The molecule has 4 aliphatic carbocycles. The highest BCUT2D eigenvalue weighted by molar-refractivity contribution is 5.94. The SMILES string of the molecule is COc1cccc(NC(=O)CN(C)C(=O)CN2CCN(C(=O)C34CC5CC(CC(C5)C3)C4)CC2)c1. The molecule has 1 aliphatic heterocycles. The van der Waals surface area contributed by atoms with Crippen molar-refractivity contribution in [1.82, 2.24) is 14.7 Å². The Morgan fingerprint density at radius 3 is 2.26 bits per heavy atom. The Balaban J connectivity index is 1.07. The highest BCUT2D eigenvalue weighted by Crippen LogP contribution is 2.60. The second kappa shape index (κ2) is 9.80. The van der Waals surface area contributed by atoms with E-state index in [1.165, 1.54) is 24.2 Å². The maximum Gasteiger partial charge on any atom is 0.243 e. The summed E-state index contributed by atoms with van der Waals surface area (Å²) in [6.07, 6.45) is 7.31. The third kappa shape index (κ3) is 5.17. The molecule has 0 aromatic heterocycles. The molecule has 35 heavy (non-hydrogen) atoms. The molecule has 190 valence electrons. The van der Waals surface area contributed by atoms with Gasteiger partial charge in [0.05, 0.1) is 25.6 Å². The van der Waals surface area contributed by atoms with E-state index in [9.17, 15) is 14.4 Å². The largest absolute Gasteiger partial charge is 0.497 e. The van der Waals surface area contributed by atoms with E-state index in [-0.39, 0.29) is 30.3 Å². The molecule has 1 N–H and O–H groups in total. The van der Waals surface area contributed by atoms with E-state index >= 15 is 0 Å². The Bertz CT molecular complexity index is 936. The van der Waals surface area contributed by atoms with Crippen LogP contribution >= 0.6 is 0 Å². The molecule has 0 atom stereocenters. The van der Waals surface area contributed by atoms with Crippen LogP contribution in [0.3, 0.4) is 0 Å². The Hall–Kier alpha value is -2.61. The quantitative estimate of drug-likeness (QED) is 0.646. The van der Waals surface area contributed by atoms with Gasteiger partial charge >= 0.3 is 0 Å². The lowest BCUT2D eigenvalue weighted by atomic mass is 9.49. The number of anilines is 1. The van der Waals surface area contributed by atoms with Crippen LogP contribution in [-0.4, -0.2) is 85.8 Å². The van der Waals surface area contributed by atoms with Crippen molar-refractivity contribution < 1.29 is 19.1 Å². The van der Waals surface area contributed by atoms with Crippen molar-refractivity contribution in [2.24, 2.45) is 23.2 Å². The van der Waals surface area contributed by atoms with Crippen molar-refractivity contribution >= 4 is 23.4 Å². The van der Waals surface area contributed by atoms with Crippen molar-refractivity contribution in [1.29, 1.82) is 0 Å². The van der Waals surface area contributed by atoms with E-state index < -0.39 is 0 Å². The van der Waals surface area contributed by atoms with Crippen LogP contribution < -0.4 is 10.1 Å². The molecule has 4 bridgehead atoms. The summed E-state index contributed by atoms with van der Waals surface area (Å²) in [5.41, 5.74) is 0.540. The second-order valence-corrected chi connectivity index (χ2v) is 11.3. The first-order valence-electron chi connectivity index (χ1n) is 13.0. The van der Waals surface area contributed by atoms with Crippen LogP contribution in [0.2, 0.25) is 0 Å². The summed E-state index contributed by atoms with van der Waals surface area (Å²) >= 11 is 0. The van der Waals surface area contributed by atoms with Crippen molar-refractivity contribution in [2.75, 3.05) is 58.7 Å². The van der Waals surface area contributed by atoms with Crippen molar-refractivity contribution in [3.8, 4) is 5.75 Å². The van der Waals surface area contributed by atoms with Crippen LogP contribution in [-0.2, 0) is 14.4 Å². The molecular formula is C27H38N4O4. The van der Waals surface area contributed by atoms with Gasteiger partial charge in [0.15, 0.2) is 0 Å². The summed E-state index contributed by atoms with van der Waals surface area (Å²) in [7, 11) is 3.23. The lowest BCUT2D eigenvalue weighted by molar-refractivity contribution is -0.159. The molecule has 3 amide bonds. The number of amides is 3. The number of nitrogens with one attached hydrogen (secondary N) is 1. The number of ether oxygens (including phenoxy) is 1. The van der Waals surface area contributed by atoms with Gasteiger partial charge in [-0.1, -0.05) is 6.07 Å². The van der Waals surface area contributed by atoms with Crippen molar-refractivity contribution in [2.45, 2.75) is 38.5 Å². The van der Waals surface area contributed by atoms with Crippen LogP contribution in [0.5, 0.6) is 5.75 Å². The lowest BCUT2D eigenvalue weighted by Crippen LogP contribution is -2.58. The van der Waals surface area contributed by atoms with Gasteiger partial charge in [-0.05, 0) is 68.4 Å². The Labute approximate surface area is 207 Å². The topological polar surface area (TPSA) is 82.2 Å². The Kier molecular flexibility index (Phi) is 6.75. The maximum absolute atomic E-state index is 13.6. The average molecular weight is 483 g/mol. The molecule has 1 aromatic rings. The first-order chi connectivity index (χ1) is 16.8. The average Bonchev–Trinajstić information content (AvgIpc) is 2.83. The van der Waals surface area contributed by atoms with Crippen LogP contribution in [0.25, 0.3) is 0 Å².